The van der Waals surface area contributed by atoms with Crippen molar-refractivity contribution in [2.45, 2.75) is 26.4 Å². The van der Waals surface area contributed by atoms with E-state index in [0.717, 1.165) is 16.8 Å². The lowest BCUT2D eigenvalue weighted by Crippen LogP contribution is -2.39. The molecular weight excluding hydrogens is 270 g/mol. The second-order valence-electron chi connectivity index (χ2n) is 4.78. The topological polar surface area (TPSA) is 87.4 Å². The van der Waals surface area contributed by atoms with Gasteiger partial charge in [-0.15, -0.1) is 0 Å². The zero-order valence-corrected chi connectivity index (χ0v) is 12.1. The van der Waals surface area contributed by atoms with Crippen LogP contribution in [0.25, 0.3) is 0 Å². The molecular formula is C15H19N3O3. The van der Waals surface area contributed by atoms with E-state index in [9.17, 15) is 9.90 Å². The van der Waals surface area contributed by atoms with Crippen LogP contribution in [0.4, 0.5) is 4.79 Å². The molecule has 1 heterocycles. The van der Waals surface area contributed by atoms with Crippen LogP contribution in [0.5, 0.6) is 0 Å². The number of hydrogen-bond acceptors (Lipinski definition) is 4. The van der Waals surface area contributed by atoms with E-state index in [1.54, 1.807) is 6.92 Å². The number of aliphatic hydroxyl groups is 1. The van der Waals surface area contributed by atoms with Gasteiger partial charge in [0.15, 0.2) is 0 Å². The second kappa shape index (κ2) is 6.90. The molecule has 112 valence electrons. The van der Waals surface area contributed by atoms with Crippen LogP contribution in [0.15, 0.2) is 34.9 Å². The number of carbonyl (C=O) groups excluding carboxylic acids is 1. The first-order valence-electron chi connectivity index (χ1n) is 6.73. The Bertz CT molecular complexity index is 576. The highest BCUT2D eigenvalue weighted by molar-refractivity contribution is 5.74. The van der Waals surface area contributed by atoms with Crippen LogP contribution >= 0.6 is 0 Å². The number of carbonyl (C=O) groups is 1. The van der Waals surface area contributed by atoms with Crippen molar-refractivity contribution in [3.63, 3.8) is 0 Å². The van der Waals surface area contributed by atoms with Gasteiger partial charge in [0.05, 0.1) is 18.3 Å². The quantitative estimate of drug-likeness (QED) is 0.783. The van der Waals surface area contributed by atoms with E-state index < -0.39 is 6.04 Å². The van der Waals surface area contributed by atoms with Crippen LogP contribution < -0.4 is 10.6 Å². The second-order valence-corrected chi connectivity index (χ2v) is 4.78. The monoisotopic (exact) mass is 289 g/mol. The fraction of sp³-hybridized carbons (Fsp3) is 0.333. The highest BCUT2D eigenvalue weighted by Crippen LogP contribution is 2.13. The third-order valence-corrected chi connectivity index (χ3v) is 3.30. The van der Waals surface area contributed by atoms with Crippen LogP contribution in [-0.2, 0) is 6.54 Å². The first kappa shape index (κ1) is 15.1. The number of benzene rings is 1. The number of amides is 2. The van der Waals surface area contributed by atoms with Crippen molar-refractivity contribution in [1.29, 1.82) is 0 Å². The summed E-state index contributed by atoms with van der Waals surface area (Å²) in [5.41, 5.74) is 2.48. The molecule has 2 rings (SSSR count). The van der Waals surface area contributed by atoms with Crippen LogP contribution in [0.1, 0.15) is 28.6 Å². The number of aliphatic hydroxyl groups excluding tert-OH is 1. The number of nitrogens with one attached hydrogen (secondary N) is 2. The summed E-state index contributed by atoms with van der Waals surface area (Å²) in [5.74, 6) is 0.689. The summed E-state index contributed by atoms with van der Waals surface area (Å²) in [7, 11) is 0. The van der Waals surface area contributed by atoms with Gasteiger partial charge in [0.25, 0.3) is 0 Å². The van der Waals surface area contributed by atoms with Crippen molar-refractivity contribution >= 4 is 6.03 Å². The van der Waals surface area contributed by atoms with Crippen molar-refractivity contribution < 1.29 is 14.4 Å². The van der Waals surface area contributed by atoms with E-state index in [4.69, 9.17) is 4.52 Å². The zero-order valence-electron chi connectivity index (χ0n) is 12.1. The molecule has 3 N–H and O–H groups in total. The molecule has 0 saturated heterocycles. The van der Waals surface area contributed by atoms with Crippen LogP contribution in [0.3, 0.4) is 0 Å². The number of rotatable bonds is 5. The first-order chi connectivity index (χ1) is 10.1. The summed E-state index contributed by atoms with van der Waals surface area (Å²) < 4.78 is 5.04. The van der Waals surface area contributed by atoms with Gasteiger partial charge in [-0.25, -0.2) is 4.79 Å². The van der Waals surface area contributed by atoms with Crippen molar-refractivity contribution in [2.24, 2.45) is 0 Å². The third-order valence-electron chi connectivity index (χ3n) is 3.30. The van der Waals surface area contributed by atoms with Crippen LogP contribution in [-0.4, -0.2) is 22.9 Å². The van der Waals surface area contributed by atoms with Gasteiger partial charge in [0.2, 0.25) is 0 Å². The highest BCUT2D eigenvalue weighted by atomic mass is 16.5. The Morgan fingerprint density at radius 1 is 1.33 bits per heavy atom. The van der Waals surface area contributed by atoms with Crippen molar-refractivity contribution in [3.8, 4) is 0 Å². The van der Waals surface area contributed by atoms with Gasteiger partial charge in [-0.2, -0.15) is 0 Å². The Labute approximate surface area is 123 Å². The third kappa shape index (κ3) is 3.82. The van der Waals surface area contributed by atoms with Crippen LogP contribution in [0, 0.1) is 13.8 Å². The lowest BCUT2D eigenvalue weighted by Gasteiger charge is -2.17. The number of nitrogens with zero attached hydrogens (tertiary/aromatic N) is 1. The highest BCUT2D eigenvalue weighted by Gasteiger charge is 2.14. The van der Waals surface area contributed by atoms with E-state index in [1.807, 2.05) is 37.3 Å². The first-order valence-corrected chi connectivity index (χ1v) is 6.73. The lowest BCUT2D eigenvalue weighted by atomic mass is 10.1. The largest absolute Gasteiger partial charge is 0.394 e. The van der Waals surface area contributed by atoms with E-state index in [0.29, 0.717) is 12.3 Å². The van der Waals surface area contributed by atoms with Gasteiger partial charge in [0, 0.05) is 12.1 Å². The SMILES string of the molecule is Cc1noc(C)c1CNC(=O)N[C@H](CO)c1ccccc1. The maximum atomic E-state index is 11.9. The predicted octanol–water partition coefficient (Wildman–Crippen LogP) is 1.82. The Morgan fingerprint density at radius 3 is 2.62 bits per heavy atom. The molecule has 6 nitrogen and oxygen atoms in total. The molecule has 6 heteroatoms. The molecule has 0 spiro atoms. The number of urea groups is 1. The number of hydrogen-bond donors (Lipinski definition) is 3. The van der Waals surface area contributed by atoms with Gasteiger partial charge in [-0.1, -0.05) is 35.5 Å². The fourth-order valence-corrected chi connectivity index (χ4v) is 2.05. The molecule has 1 atom stereocenters. The lowest BCUT2D eigenvalue weighted by molar-refractivity contribution is 0.216. The minimum Gasteiger partial charge on any atom is -0.394 e. The molecule has 0 radical (unpaired) electrons. The standard InChI is InChI=1S/C15H19N3O3/c1-10-13(11(2)21-18-10)8-16-15(20)17-14(9-19)12-6-4-3-5-7-12/h3-7,14,19H,8-9H2,1-2H3,(H2,16,17,20)/t14-/m1/s1. The molecule has 0 saturated carbocycles. The van der Waals surface area contributed by atoms with Crippen LogP contribution in [0.2, 0.25) is 0 Å². The van der Waals surface area contributed by atoms with E-state index in [1.165, 1.54) is 0 Å². The van der Waals surface area contributed by atoms with Gasteiger partial charge >= 0.3 is 6.03 Å². The van der Waals surface area contributed by atoms with Gasteiger partial charge < -0.3 is 20.3 Å². The van der Waals surface area contributed by atoms with E-state index >= 15 is 0 Å². The average molecular weight is 289 g/mol. The van der Waals surface area contributed by atoms with Gasteiger partial charge in [-0.3, -0.25) is 0 Å². The van der Waals surface area contributed by atoms with E-state index in [-0.39, 0.29) is 12.6 Å². The summed E-state index contributed by atoms with van der Waals surface area (Å²) in [5, 5.41) is 18.7. The molecule has 0 bridgehead atoms. The molecule has 21 heavy (non-hydrogen) atoms. The zero-order chi connectivity index (χ0) is 15.2. The Balaban J connectivity index is 1.92. The molecule has 1 aromatic carbocycles. The van der Waals surface area contributed by atoms with Gasteiger partial charge in [-0.05, 0) is 19.4 Å². The summed E-state index contributed by atoms with van der Waals surface area (Å²) in [6.07, 6.45) is 0. The number of aromatic nitrogens is 1. The Kier molecular flexibility index (Phi) is 4.94. The molecule has 2 aromatic rings. The molecule has 2 amide bonds. The predicted molar refractivity (Wildman–Crippen MR) is 77.6 cm³/mol. The maximum Gasteiger partial charge on any atom is 0.315 e. The number of aryl methyl sites for hydroxylation is 2. The van der Waals surface area contributed by atoms with Crippen molar-refractivity contribution in [1.82, 2.24) is 15.8 Å². The summed E-state index contributed by atoms with van der Waals surface area (Å²) in [4.78, 5) is 11.9. The summed E-state index contributed by atoms with van der Waals surface area (Å²) in [6, 6.07) is 8.54. The fourth-order valence-electron chi connectivity index (χ4n) is 2.05. The Hall–Kier alpha value is -2.34. The summed E-state index contributed by atoms with van der Waals surface area (Å²) >= 11 is 0. The smallest absolute Gasteiger partial charge is 0.315 e. The molecule has 0 aliphatic rings. The van der Waals surface area contributed by atoms with Gasteiger partial charge in [0.1, 0.15) is 5.76 Å². The van der Waals surface area contributed by atoms with E-state index in [2.05, 4.69) is 15.8 Å². The molecule has 0 aliphatic heterocycles. The maximum absolute atomic E-state index is 11.9. The molecule has 0 unspecified atom stereocenters. The summed E-state index contributed by atoms with van der Waals surface area (Å²) in [6.45, 7) is 3.80. The van der Waals surface area contributed by atoms with Crippen molar-refractivity contribution in [2.75, 3.05) is 6.61 Å². The Morgan fingerprint density at radius 2 is 2.05 bits per heavy atom. The van der Waals surface area contributed by atoms with Crippen molar-refractivity contribution in [3.05, 3.63) is 52.9 Å². The average Bonchev–Trinajstić information content (AvgIpc) is 2.82. The minimum atomic E-state index is -0.434. The normalized spacial score (nSPS) is 12.0. The minimum absolute atomic E-state index is 0.164. The molecule has 0 fully saturated rings. The molecule has 1 aromatic heterocycles. The molecule has 0 aliphatic carbocycles.